The quantitative estimate of drug-likeness (QED) is 0.525. The van der Waals surface area contributed by atoms with Crippen LogP contribution in [0.1, 0.15) is 0 Å². The number of nitrogens with one attached hydrogen (secondary N) is 1. The summed E-state index contributed by atoms with van der Waals surface area (Å²) < 4.78 is 97.5. The molecule has 2 atom stereocenters. The molecule has 0 aromatic carbocycles. The zero-order chi connectivity index (χ0) is 12.1. The fraction of sp³-hybridized carbons (Fsp3) is 1.00. The van der Waals surface area contributed by atoms with Crippen LogP contribution in [0.5, 0.6) is 0 Å². The second kappa shape index (κ2) is 3.58. The molecule has 0 aliphatic carbocycles. The molecule has 0 spiro atoms. The van der Waals surface area contributed by atoms with Gasteiger partial charge in [0.25, 0.3) is 0 Å². The summed E-state index contributed by atoms with van der Waals surface area (Å²) in [6, 6.07) is 0. The van der Waals surface area contributed by atoms with E-state index in [4.69, 9.17) is 0 Å². The topological polar surface area (TPSA) is 58.1 Å². The Bertz CT molecular complexity index is 264. The van der Waals surface area contributed by atoms with Gasteiger partial charge in [-0.15, -0.1) is 8.78 Å². The van der Waals surface area contributed by atoms with Crippen LogP contribution in [-0.4, -0.2) is 32.0 Å². The third-order valence-corrected chi connectivity index (χ3v) is 4.23. The Morgan fingerprint density at radius 3 is 1.93 bits per heavy atom. The van der Waals surface area contributed by atoms with Gasteiger partial charge in [-0.1, -0.05) is 0 Å². The summed E-state index contributed by atoms with van der Waals surface area (Å²) >= 11 is -6.74. The molecule has 1 heterocycles. The normalized spacial score (nSPS) is 38.4. The third kappa shape index (κ3) is 1.90. The Kier molecular flexibility index (Phi) is 3.16. The summed E-state index contributed by atoms with van der Waals surface area (Å²) in [6.45, 7) is 0. The molecule has 0 amide bonds. The molecule has 0 bridgehead atoms. The molecule has 1 fully saturated rings. The average Bonchev–Trinajstić information content (AvgIpc) is 2.03. The second-order valence-electron chi connectivity index (χ2n) is 2.64. The highest BCUT2D eigenvalue weighted by molar-refractivity contribution is 8.05. The van der Waals surface area contributed by atoms with E-state index in [9.17, 15) is 35.4 Å². The number of hydrogen-bond acceptors (Lipinski definition) is 3. The lowest BCUT2D eigenvalue weighted by atomic mass is 10.2. The first kappa shape index (κ1) is 13.2. The van der Waals surface area contributed by atoms with E-state index in [2.05, 4.69) is 0 Å². The average molecular weight is 275 g/mol. The van der Waals surface area contributed by atoms with Crippen LogP contribution >= 0.6 is 0 Å². The van der Waals surface area contributed by atoms with Gasteiger partial charge >= 0.3 is 17.1 Å². The van der Waals surface area contributed by atoms with Crippen molar-refractivity contribution in [1.82, 2.24) is 4.13 Å². The van der Waals surface area contributed by atoms with Crippen molar-refractivity contribution < 1.29 is 35.4 Å². The maximum Gasteiger partial charge on any atom is 0.501 e. The largest absolute Gasteiger partial charge is 0.595 e. The van der Waals surface area contributed by atoms with Crippen molar-refractivity contribution in [3.63, 3.8) is 0 Å². The highest BCUT2D eigenvalue weighted by atomic mass is 32.3. The van der Waals surface area contributed by atoms with E-state index < -0.39 is 45.6 Å². The number of hydrogen-bond donors (Lipinski definition) is 1. The molecule has 1 rings (SSSR count). The van der Waals surface area contributed by atoms with Crippen LogP contribution in [0.25, 0.3) is 0 Å². The predicted molar refractivity (Wildman–Crippen MR) is 39.1 cm³/mol. The second-order valence-corrected chi connectivity index (χ2v) is 5.33. The maximum atomic E-state index is 12.6. The lowest BCUT2D eigenvalue weighted by molar-refractivity contribution is -0.268. The molecule has 3 nitrogen and oxygen atoms in total. The fourth-order valence-electron chi connectivity index (χ4n) is 0.751. The maximum absolute atomic E-state index is 12.6. The van der Waals surface area contributed by atoms with Crippen molar-refractivity contribution in [2.24, 2.45) is 0 Å². The minimum Gasteiger partial charge on any atom is -0.595 e. The van der Waals surface area contributed by atoms with E-state index in [1.807, 2.05) is 0 Å². The first-order valence-electron chi connectivity index (χ1n) is 3.22. The van der Waals surface area contributed by atoms with Gasteiger partial charge in [-0.05, 0) is 0 Å². The van der Waals surface area contributed by atoms with Crippen LogP contribution in [0.2, 0.25) is 0 Å². The van der Waals surface area contributed by atoms with Crippen LogP contribution in [0.4, 0.5) is 26.3 Å². The van der Waals surface area contributed by atoms with Gasteiger partial charge in [0.05, 0.1) is 11.4 Å². The van der Waals surface area contributed by atoms with E-state index in [0.29, 0.717) is 0 Å². The Morgan fingerprint density at radius 2 is 1.47 bits per heavy atom. The van der Waals surface area contributed by atoms with Gasteiger partial charge in [-0.2, -0.15) is 17.6 Å². The van der Waals surface area contributed by atoms with Crippen LogP contribution in [-0.2, 0) is 22.7 Å². The fourth-order valence-corrected chi connectivity index (χ4v) is 2.97. The van der Waals surface area contributed by atoms with Gasteiger partial charge in [0.15, 0.2) is 17.1 Å². The Labute approximate surface area is 85.8 Å². The summed E-state index contributed by atoms with van der Waals surface area (Å²) in [5.74, 6) is -13.0. The SMILES string of the molecule is [O-][S+]1CC(F)(F)C(F)(F)C(F)(F)[S+]([O-])N1. The molecule has 1 saturated heterocycles. The van der Waals surface area contributed by atoms with Gasteiger partial charge < -0.3 is 9.11 Å². The van der Waals surface area contributed by atoms with E-state index in [0.717, 1.165) is 4.13 Å². The summed E-state index contributed by atoms with van der Waals surface area (Å²) in [4.78, 5) is 0. The molecule has 0 aromatic rings. The van der Waals surface area contributed by atoms with Crippen molar-refractivity contribution in [2.45, 2.75) is 17.1 Å². The highest BCUT2D eigenvalue weighted by Gasteiger charge is 2.82. The predicted octanol–water partition coefficient (Wildman–Crippen LogP) is 0.780. The van der Waals surface area contributed by atoms with Crippen molar-refractivity contribution in [1.29, 1.82) is 0 Å². The zero-order valence-electron chi connectivity index (χ0n) is 6.61. The lowest BCUT2D eigenvalue weighted by Crippen LogP contribution is -2.58. The molecule has 0 saturated carbocycles. The van der Waals surface area contributed by atoms with Crippen LogP contribution in [0.15, 0.2) is 0 Å². The van der Waals surface area contributed by atoms with Gasteiger partial charge in [-0.3, -0.25) is 0 Å². The van der Waals surface area contributed by atoms with E-state index in [1.165, 1.54) is 0 Å². The molecule has 1 aliphatic rings. The minimum atomic E-state index is -5.82. The van der Waals surface area contributed by atoms with Gasteiger partial charge in [0, 0.05) is 4.13 Å². The van der Waals surface area contributed by atoms with E-state index in [1.54, 1.807) is 0 Å². The molecule has 0 aromatic heterocycles. The van der Waals surface area contributed by atoms with E-state index in [-0.39, 0.29) is 0 Å². The van der Waals surface area contributed by atoms with Crippen LogP contribution in [0, 0.1) is 0 Å². The summed E-state index contributed by atoms with van der Waals surface area (Å²) in [7, 11) is 0. The standard InChI is InChI=1S/C4H3F6NO2S2/c5-2(6)1-14(12)11-15(13)4(9,10)3(2,7)8/h11H,1H2. The number of halogens is 6. The van der Waals surface area contributed by atoms with Gasteiger partial charge in [-0.25, -0.2) is 0 Å². The molecule has 0 radical (unpaired) electrons. The molecule has 2 unspecified atom stereocenters. The van der Waals surface area contributed by atoms with Gasteiger partial charge in [0.2, 0.25) is 0 Å². The molecule has 90 valence electrons. The Balaban J connectivity index is 3.18. The van der Waals surface area contributed by atoms with Crippen LogP contribution in [0.3, 0.4) is 0 Å². The summed E-state index contributed by atoms with van der Waals surface area (Å²) in [5.41, 5.74) is 0. The first-order valence-corrected chi connectivity index (χ1v) is 5.69. The monoisotopic (exact) mass is 275 g/mol. The molecular weight excluding hydrogens is 272 g/mol. The summed E-state index contributed by atoms with van der Waals surface area (Å²) in [6.07, 6.45) is 0. The van der Waals surface area contributed by atoms with Crippen molar-refractivity contribution in [2.75, 3.05) is 5.75 Å². The first-order chi connectivity index (χ1) is 6.52. The third-order valence-electron chi connectivity index (χ3n) is 1.54. The Hall–Kier alpha value is 0.160. The molecule has 15 heavy (non-hydrogen) atoms. The minimum absolute atomic E-state index is 0.978. The van der Waals surface area contributed by atoms with Crippen molar-refractivity contribution in [3.8, 4) is 0 Å². The smallest absolute Gasteiger partial charge is 0.501 e. The van der Waals surface area contributed by atoms with Crippen molar-refractivity contribution >= 4 is 22.7 Å². The molecule has 11 heteroatoms. The summed E-state index contributed by atoms with van der Waals surface area (Å²) in [5, 5.41) is -5.48. The Morgan fingerprint density at radius 1 is 1.00 bits per heavy atom. The zero-order valence-corrected chi connectivity index (χ0v) is 8.24. The number of alkyl halides is 6. The van der Waals surface area contributed by atoms with Crippen molar-refractivity contribution in [3.05, 3.63) is 0 Å². The number of rotatable bonds is 0. The van der Waals surface area contributed by atoms with Crippen LogP contribution < -0.4 is 4.13 Å². The van der Waals surface area contributed by atoms with E-state index >= 15 is 0 Å². The molecule has 1 aliphatic heterocycles. The molecular formula is C4H3F6NO2S2. The molecule has 1 N–H and O–H groups in total. The highest BCUT2D eigenvalue weighted by Crippen LogP contribution is 2.50. The lowest BCUT2D eigenvalue weighted by Gasteiger charge is -2.26. The van der Waals surface area contributed by atoms with Gasteiger partial charge in [0.1, 0.15) is 0 Å².